The van der Waals surface area contributed by atoms with Crippen LogP contribution in [0.2, 0.25) is 0 Å². The molecular weight excluding hydrogens is 270 g/mol. The highest BCUT2D eigenvalue weighted by Crippen LogP contribution is 2.27. The molecule has 3 rings (SSSR count). The van der Waals surface area contributed by atoms with Crippen molar-refractivity contribution >= 4 is 17.4 Å². The minimum atomic E-state index is -0.428. The van der Waals surface area contributed by atoms with Crippen LogP contribution in [0.25, 0.3) is 0 Å². The molecule has 0 fully saturated rings. The van der Waals surface area contributed by atoms with Crippen molar-refractivity contribution in [1.29, 1.82) is 0 Å². The number of carbonyl (C=O) groups is 1. The van der Waals surface area contributed by atoms with E-state index in [2.05, 4.69) is 15.5 Å². The van der Waals surface area contributed by atoms with Crippen LogP contribution in [-0.4, -0.2) is 21.7 Å². The van der Waals surface area contributed by atoms with Gasteiger partial charge >= 0.3 is 0 Å². The van der Waals surface area contributed by atoms with E-state index in [1.54, 1.807) is 6.07 Å². The van der Waals surface area contributed by atoms with Gasteiger partial charge in [-0.25, -0.2) is 4.98 Å². The van der Waals surface area contributed by atoms with Gasteiger partial charge in [0, 0.05) is 12.6 Å². The molecule has 2 N–H and O–H groups in total. The number of hydrogen-bond donors (Lipinski definition) is 2. The highest BCUT2D eigenvalue weighted by Gasteiger charge is 2.27. The third-order valence-electron chi connectivity index (χ3n) is 3.12. The lowest BCUT2D eigenvalue weighted by atomic mass is 10.0. The van der Waals surface area contributed by atoms with Gasteiger partial charge < -0.3 is 15.3 Å². The van der Waals surface area contributed by atoms with E-state index in [1.165, 1.54) is 12.3 Å². The molecule has 1 aromatic carbocycles. The Bertz CT molecular complexity index is 686. The van der Waals surface area contributed by atoms with E-state index in [0.717, 1.165) is 5.56 Å². The van der Waals surface area contributed by atoms with Crippen molar-refractivity contribution in [3.05, 3.63) is 54.2 Å². The molecule has 0 bridgehead atoms. The standard InChI is InChI=1S/C15H13N3O3/c19-12-7-4-8-16-14(12)17-15(20)11-9-13(21-18-11)10-5-2-1-3-6-10/h1-8,13,19H,9H2,(H,16,17,20)/t13-/m0/s1. The molecule has 0 saturated carbocycles. The number of aromatic hydroxyl groups is 1. The quantitative estimate of drug-likeness (QED) is 0.904. The van der Waals surface area contributed by atoms with E-state index in [0.29, 0.717) is 6.42 Å². The number of carbonyl (C=O) groups excluding carboxylic acids is 1. The third-order valence-corrected chi connectivity index (χ3v) is 3.12. The van der Waals surface area contributed by atoms with Crippen LogP contribution in [-0.2, 0) is 9.63 Å². The number of rotatable bonds is 3. The van der Waals surface area contributed by atoms with Gasteiger partial charge in [0.1, 0.15) is 5.71 Å². The maximum atomic E-state index is 12.1. The van der Waals surface area contributed by atoms with E-state index in [9.17, 15) is 9.90 Å². The Morgan fingerprint density at radius 3 is 2.81 bits per heavy atom. The average Bonchev–Trinajstić information content (AvgIpc) is 3.00. The number of pyridine rings is 1. The number of nitrogens with one attached hydrogen (secondary N) is 1. The maximum Gasteiger partial charge on any atom is 0.274 e. The van der Waals surface area contributed by atoms with Gasteiger partial charge in [0.2, 0.25) is 0 Å². The van der Waals surface area contributed by atoms with Crippen LogP contribution >= 0.6 is 0 Å². The number of amides is 1. The first kappa shape index (κ1) is 13.1. The average molecular weight is 283 g/mol. The van der Waals surface area contributed by atoms with E-state index in [4.69, 9.17) is 4.84 Å². The van der Waals surface area contributed by atoms with Gasteiger partial charge in [-0.2, -0.15) is 0 Å². The molecule has 106 valence electrons. The maximum absolute atomic E-state index is 12.1. The Kier molecular flexibility index (Phi) is 3.51. The highest BCUT2D eigenvalue weighted by atomic mass is 16.6. The van der Waals surface area contributed by atoms with Crippen molar-refractivity contribution in [3.8, 4) is 5.75 Å². The number of aromatic nitrogens is 1. The molecule has 1 amide bonds. The van der Waals surface area contributed by atoms with Crippen molar-refractivity contribution in [2.24, 2.45) is 5.16 Å². The normalized spacial score (nSPS) is 17.0. The summed E-state index contributed by atoms with van der Waals surface area (Å²) in [7, 11) is 0. The number of hydrogen-bond acceptors (Lipinski definition) is 5. The molecule has 0 aliphatic carbocycles. The molecular formula is C15H13N3O3. The molecule has 0 spiro atoms. The zero-order valence-electron chi connectivity index (χ0n) is 11.1. The molecule has 21 heavy (non-hydrogen) atoms. The zero-order chi connectivity index (χ0) is 14.7. The second-order valence-corrected chi connectivity index (χ2v) is 4.57. The van der Waals surface area contributed by atoms with Crippen molar-refractivity contribution in [1.82, 2.24) is 4.98 Å². The Balaban J connectivity index is 1.66. The zero-order valence-corrected chi connectivity index (χ0v) is 11.1. The van der Waals surface area contributed by atoms with Crippen molar-refractivity contribution in [2.45, 2.75) is 12.5 Å². The molecule has 1 atom stereocenters. The Morgan fingerprint density at radius 2 is 2.05 bits per heavy atom. The summed E-state index contributed by atoms with van der Waals surface area (Å²) in [5.74, 6) is -0.416. The molecule has 0 unspecified atom stereocenters. The summed E-state index contributed by atoms with van der Waals surface area (Å²) < 4.78 is 0. The van der Waals surface area contributed by atoms with Gasteiger partial charge in [-0.3, -0.25) is 4.79 Å². The van der Waals surface area contributed by atoms with Gasteiger partial charge in [-0.1, -0.05) is 35.5 Å². The minimum absolute atomic E-state index is 0.0926. The third kappa shape index (κ3) is 2.84. The van der Waals surface area contributed by atoms with E-state index in [1.807, 2.05) is 30.3 Å². The van der Waals surface area contributed by atoms with Crippen LogP contribution in [0.3, 0.4) is 0 Å². The number of oxime groups is 1. The van der Waals surface area contributed by atoms with Crippen LogP contribution in [0, 0.1) is 0 Å². The summed E-state index contributed by atoms with van der Waals surface area (Å²) in [6.07, 6.45) is 1.60. The van der Waals surface area contributed by atoms with Crippen molar-refractivity contribution < 1.29 is 14.7 Å². The predicted octanol–water partition coefficient (Wildman–Crippen LogP) is 2.24. The first-order chi connectivity index (χ1) is 10.2. The fourth-order valence-electron chi connectivity index (χ4n) is 2.03. The topological polar surface area (TPSA) is 83.8 Å². The molecule has 2 heterocycles. The number of benzene rings is 1. The van der Waals surface area contributed by atoms with Crippen molar-refractivity contribution in [2.75, 3.05) is 5.32 Å². The monoisotopic (exact) mass is 283 g/mol. The highest BCUT2D eigenvalue weighted by molar-refractivity contribution is 6.43. The van der Waals surface area contributed by atoms with Gasteiger partial charge in [0.25, 0.3) is 5.91 Å². The number of nitrogens with zero attached hydrogens (tertiary/aromatic N) is 2. The first-order valence-corrected chi connectivity index (χ1v) is 6.47. The predicted molar refractivity (Wildman–Crippen MR) is 76.9 cm³/mol. The second kappa shape index (κ2) is 5.62. The molecule has 0 radical (unpaired) electrons. The Labute approximate surface area is 121 Å². The first-order valence-electron chi connectivity index (χ1n) is 6.47. The fraction of sp³-hybridized carbons (Fsp3) is 0.133. The van der Waals surface area contributed by atoms with Gasteiger partial charge in [0.05, 0.1) is 0 Å². The largest absolute Gasteiger partial charge is 0.504 e. The lowest BCUT2D eigenvalue weighted by Gasteiger charge is -2.07. The Morgan fingerprint density at radius 1 is 1.24 bits per heavy atom. The van der Waals surface area contributed by atoms with Crippen LogP contribution in [0.4, 0.5) is 5.82 Å². The lowest BCUT2D eigenvalue weighted by Crippen LogP contribution is -2.22. The summed E-state index contributed by atoms with van der Waals surface area (Å²) in [4.78, 5) is 21.2. The van der Waals surface area contributed by atoms with Gasteiger partial charge in [-0.15, -0.1) is 0 Å². The summed E-state index contributed by atoms with van der Waals surface area (Å²) in [5, 5.41) is 15.9. The van der Waals surface area contributed by atoms with Crippen LogP contribution in [0.15, 0.2) is 53.8 Å². The van der Waals surface area contributed by atoms with Crippen LogP contribution < -0.4 is 5.32 Å². The molecule has 6 nitrogen and oxygen atoms in total. The van der Waals surface area contributed by atoms with Gasteiger partial charge in [-0.05, 0) is 17.7 Å². The summed E-state index contributed by atoms with van der Waals surface area (Å²) >= 11 is 0. The van der Waals surface area contributed by atoms with Gasteiger partial charge in [0.15, 0.2) is 17.7 Å². The molecule has 1 aliphatic heterocycles. The summed E-state index contributed by atoms with van der Waals surface area (Å²) in [6.45, 7) is 0. The summed E-state index contributed by atoms with van der Waals surface area (Å²) in [5.41, 5.74) is 1.23. The van der Waals surface area contributed by atoms with Crippen LogP contribution in [0.5, 0.6) is 5.75 Å². The Hall–Kier alpha value is -2.89. The number of anilines is 1. The van der Waals surface area contributed by atoms with Crippen LogP contribution in [0.1, 0.15) is 18.1 Å². The smallest absolute Gasteiger partial charge is 0.274 e. The van der Waals surface area contributed by atoms with Crippen molar-refractivity contribution in [3.63, 3.8) is 0 Å². The second-order valence-electron chi connectivity index (χ2n) is 4.57. The molecule has 1 aliphatic rings. The SMILES string of the molecule is O=C(Nc1ncccc1O)C1=NO[C@H](c2ccccc2)C1. The lowest BCUT2D eigenvalue weighted by molar-refractivity contribution is -0.110. The van der Waals surface area contributed by atoms with E-state index < -0.39 is 5.91 Å². The molecule has 0 saturated heterocycles. The molecule has 1 aromatic heterocycles. The summed E-state index contributed by atoms with van der Waals surface area (Å²) in [6, 6.07) is 12.6. The molecule has 2 aromatic rings. The minimum Gasteiger partial charge on any atom is -0.504 e. The molecule has 6 heteroatoms. The fourth-order valence-corrected chi connectivity index (χ4v) is 2.03. The van der Waals surface area contributed by atoms with E-state index in [-0.39, 0.29) is 23.4 Å². The van der Waals surface area contributed by atoms with E-state index >= 15 is 0 Å².